The summed E-state index contributed by atoms with van der Waals surface area (Å²) in [6, 6.07) is 7.66. The van der Waals surface area contributed by atoms with Crippen LogP contribution in [-0.4, -0.2) is 20.5 Å². The Morgan fingerprint density at radius 3 is 3.04 bits per heavy atom. The van der Waals surface area contributed by atoms with Crippen molar-refractivity contribution in [3.8, 4) is 17.5 Å². The molecule has 0 fully saturated rings. The van der Waals surface area contributed by atoms with Crippen LogP contribution in [-0.2, 0) is 12.8 Å². The van der Waals surface area contributed by atoms with Gasteiger partial charge in [-0.15, -0.1) is 11.3 Å². The Bertz CT molecular complexity index is 1230. The Kier molecular flexibility index (Phi) is 3.95. The lowest BCUT2D eigenvalue weighted by Crippen LogP contribution is -2.12. The lowest BCUT2D eigenvalue weighted by molar-refractivity contribution is 0.102. The van der Waals surface area contributed by atoms with Crippen LogP contribution in [0.3, 0.4) is 0 Å². The van der Waals surface area contributed by atoms with E-state index >= 15 is 0 Å². The maximum absolute atomic E-state index is 12.9. The number of nitrogens with zero attached hydrogens (tertiary/aromatic N) is 4. The molecule has 7 nitrogen and oxygen atoms in total. The van der Waals surface area contributed by atoms with Gasteiger partial charge >= 0.3 is 0 Å². The van der Waals surface area contributed by atoms with Crippen molar-refractivity contribution in [3.63, 3.8) is 0 Å². The fourth-order valence-corrected chi connectivity index (χ4v) is 4.84. The lowest BCUT2D eigenvalue weighted by atomic mass is 9.96. The summed E-state index contributed by atoms with van der Waals surface area (Å²) < 4.78 is 7.03. The second-order valence-corrected chi connectivity index (χ2v) is 7.69. The highest BCUT2D eigenvalue weighted by atomic mass is 32.1. The zero-order chi connectivity index (χ0) is 19.1. The van der Waals surface area contributed by atoms with Gasteiger partial charge in [-0.25, -0.2) is 9.50 Å². The number of fused-ring (bicyclic) bond motifs is 2. The Morgan fingerprint density at radius 2 is 2.21 bits per heavy atom. The minimum atomic E-state index is -0.325. The molecular weight excluding hydrogens is 374 g/mol. The van der Waals surface area contributed by atoms with Crippen LogP contribution < -0.4 is 5.32 Å². The van der Waals surface area contributed by atoms with Crippen molar-refractivity contribution in [2.45, 2.75) is 25.7 Å². The molecular formula is C20H15N5O2S. The van der Waals surface area contributed by atoms with Crippen LogP contribution in [0.4, 0.5) is 5.00 Å². The summed E-state index contributed by atoms with van der Waals surface area (Å²) >= 11 is 1.50. The maximum atomic E-state index is 12.9. The number of aromatic nitrogens is 3. The summed E-state index contributed by atoms with van der Waals surface area (Å²) in [6.07, 6.45) is 8.77. The average molecular weight is 389 g/mol. The molecule has 0 radical (unpaired) electrons. The van der Waals surface area contributed by atoms with Crippen molar-refractivity contribution in [2.24, 2.45) is 0 Å². The zero-order valence-electron chi connectivity index (χ0n) is 14.8. The van der Waals surface area contributed by atoms with Crippen molar-refractivity contribution in [1.82, 2.24) is 14.6 Å². The Morgan fingerprint density at radius 1 is 1.32 bits per heavy atom. The number of anilines is 1. The topological polar surface area (TPSA) is 96.2 Å². The lowest BCUT2D eigenvalue weighted by Gasteiger charge is -2.09. The summed E-state index contributed by atoms with van der Waals surface area (Å²) in [5, 5.41) is 17.4. The maximum Gasteiger partial charge on any atom is 0.261 e. The monoisotopic (exact) mass is 389 g/mol. The van der Waals surface area contributed by atoms with Crippen LogP contribution in [0, 0.1) is 11.3 Å². The first kappa shape index (κ1) is 16.7. The molecule has 0 saturated carbocycles. The Balaban J connectivity index is 1.52. The van der Waals surface area contributed by atoms with Gasteiger partial charge in [-0.3, -0.25) is 4.79 Å². The van der Waals surface area contributed by atoms with Gasteiger partial charge in [0, 0.05) is 11.1 Å². The van der Waals surface area contributed by atoms with E-state index in [1.165, 1.54) is 22.4 Å². The summed E-state index contributed by atoms with van der Waals surface area (Å²) in [4.78, 5) is 18.5. The number of nitriles is 1. The molecule has 1 N–H and O–H groups in total. The quantitative estimate of drug-likeness (QED) is 0.570. The zero-order valence-corrected chi connectivity index (χ0v) is 15.6. The van der Waals surface area contributed by atoms with E-state index in [1.807, 2.05) is 6.07 Å². The van der Waals surface area contributed by atoms with E-state index in [4.69, 9.17) is 4.42 Å². The average Bonchev–Trinajstić information content (AvgIpc) is 3.45. The van der Waals surface area contributed by atoms with Crippen LogP contribution in [0.15, 0.2) is 41.3 Å². The molecule has 28 heavy (non-hydrogen) atoms. The SMILES string of the molecule is N#Cc1c(NC(=O)c2cnn3c(-c4ccco4)ccnc23)sc2c1CCCC2. The molecule has 1 amide bonds. The molecule has 4 aromatic rings. The fourth-order valence-electron chi connectivity index (χ4n) is 3.61. The molecule has 1 aliphatic carbocycles. The van der Waals surface area contributed by atoms with E-state index < -0.39 is 0 Å². The molecule has 8 heteroatoms. The van der Waals surface area contributed by atoms with Crippen LogP contribution >= 0.6 is 11.3 Å². The van der Waals surface area contributed by atoms with Gasteiger partial charge in [0.25, 0.3) is 5.91 Å². The van der Waals surface area contributed by atoms with Gasteiger partial charge in [0.15, 0.2) is 11.4 Å². The highest BCUT2D eigenvalue weighted by Crippen LogP contribution is 2.37. The van der Waals surface area contributed by atoms with Crippen molar-refractivity contribution >= 4 is 27.9 Å². The molecule has 1 aliphatic rings. The molecule has 0 spiro atoms. The largest absolute Gasteiger partial charge is 0.463 e. The number of furan rings is 1. The molecule has 0 atom stereocenters. The first-order valence-electron chi connectivity index (χ1n) is 8.99. The van der Waals surface area contributed by atoms with Crippen molar-refractivity contribution in [2.75, 3.05) is 5.32 Å². The Labute approximate surface area is 164 Å². The standard InChI is InChI=1S/C20H15N5O2S/c21-10-13-12-4-1-2-6-17(12)28-20(13)24-19(26)14-11-23-25-15(7-8-22-18(14)25)16-5-3-9-27-16/h3,5,7-9,11H,1-2,4,6H2,(H,24,26). The van der Waals surface area contributed by atoms with E-state index in [1.54, 1.807) is 29.1 Å². The number of carbonyl (C=O) groups excluding carboxylic acids is 1. The van der Waals surface area contributed by atoms with Crippen molar-refractivity contribution in [3.05, 3.63) is 58.4 Å². The predicted molar refractivity (Wildman–Crippen MR) is 104 cm³/mol. The van der Waals surface area contributed by atoms with E-state index in [2.05, 4.69) is 21.5 Å². The Hall–Kier alpha value is -3.44. The number of rotatable bonds is 3. The number of thiophene rings is 1. The number of nitrogens with one attached hydrogen (secondary N) is 1. The number of aryl methyl sites for hydroxylation is 1. The number of amides is 1. The van der Waals surface area contributed by atoms with E-state index in [0.717, 1.165) is 31.2 Å². The highest BCUT2D eigenvalue weighted by Gasteiger charge is 2.24. The third-order valence-corrected chi connectivity index (χ3v) is 6.14. The van der Waals surface area contributed by atoms with Crippen LogP contribution in [0.1, 0.15) is 39.2 Å². The fraction of sp³-hybridized carbons (Fsp3) is 0.200. The molecule has 4 aromatic heterocycles. The van der Waals surface area contributed by atoms with Crippen molar-refractivity contribution < 1.29 is 9.21 Å². The molecule has 0 aromatic carbocycles. The van der Waals surface area contributed by atoms with Gasteiger partial charge < -0.3 is 9.73 Å². The third kappa shape index (κ3) is 2.60. The minimum Gasteiger partial charge on any atom is -0.463 e. The highest BCUT2D eigenvalue weighted by molar-refractivity contribution is 7.16. The van der Waals surface area contributed by atoms with Crippen LogP contribution in [0.5, 0.6) is 0 Å². The normalized spacial score (nSPS) is 13.2. The molecule has 0 aliphatic heterocycles. The second kappa shape index (κ2) is 6.62. The molecule has 0 bridgehead atoms. The van der Waals surface area contributed by atoms with E-state index in [-0.39, 0.29) is 5.91 Å². The summed E-state index contributed by atoms with van der Waals surface area (Å²) in [5.74, 6) is 0.314. The predicted octanol–water partition coefficient (Wildman–Crippen LogP) is 4.05. The summed E-state index contributed by atoms with van der Waals surface area (Å²) in [5.41, 5.74) is 3.18. The van der Waals surface area contributed by atoms with Crippen LogP contribution in [0.25, 0.3) is 17.1 Å². The molecule has 0 unspecified atom stereocenters. The molecule has 4 heterocycles. The van der Waals surface area contributed by atoms with Gasteiger partial charge in [0.05, 0.1) is 18.0 Å². The summed E-state index contributed by atoms with van der Waals surface area (Å²) in [6.45, 7) is 0. The molecule has 5 rings (SSSR count). The number of hydrogen-bond acceptors (Lipinski definition) is 6. The third-order valence-electron chi connectivity index (χ3n) is 4.93. The number of carbonyl (C=O) groups is 1. The van der Waals surface area contributed by atoms with E-state index in [9.17, 15) is 10.1 Å². The second-order valence-electron chi connectivity index (χ2n) is 6.58. The van der Waals surface area contributed by atoms with Gasteiger partial charge in [-0.2, -0.15) is 10.4 Å². The first-order chi connectivity index (χ1) is 13.8. The van der Waals surface area contributed by atoms with Gasteiger partial charge in [0.1, 0.15) is 22.3 Å². The number of hydrogen-bond donors (Lipinski definition) is 1. The molecule has 0 saturated heterocycles. The van der Waals surface area contributed by atoms with Crippen LogP contribution in [0.2, 0.25) is 0 Å². The minimum absolute atomic E-state index is 0.325. The van der Waals surface area contributed by atoms with Crippen molar-refractivity contribution in [1.29, 1.82) is 5.26 Å². The first-order valence-corrected chi connectivity index (χ1v) is 9.80. The van der Waals surface area contributed by atoms with E-state index in [0.29, 0.717) is 33.2 Å². The molecule has 138 valence electrons. The van der Waals surface area contributed by atoms with Gasteiger partial charge in [-0.05, 0) is 49.4 Å². The smallest absolute Gasteiger partial charge is 0.261 e. The van der Waals surface area contributed by atoms with Gasteiger partial charge in [-0.1, -0.05) is 0 Å². The summed E-state index contributed by atoms with van der Waals surface area (Å²) in [7, 11) is 0. The van der Waals surface area contributed by atoms with Gasteiger partial charge in [0.2, 0.25) is 0 Å².